The monoisotopic (exact) mass is 1310 g/mol. The molecule has 2 aromatic rings. The van der Waals surface area contributed by atoms with Crippen LogP contribution >= 0.6 is 46.4 Å². The summed E-state index contributed by atoms with van der Waals surface area (Å²) < 4.78 is 21.9. The average molecular weight is 1310 g/mol. The number of amides is 6. The summed E-state index contributed by atoms with van der Waals surface area (Å²) in [4.78, 5) is 111. The Kier molecular flexibility index (Phi) is 34.7. The van der Waals surface area contributed by atoms with Crippen molar-refractivity contribution in [2.75, 3.05) is 98.9 Å². The fraction of sp³-hybridized carbons (Fsp3) is 0.688. The van der Waals surface area contributed by atoms with E-state index in [-0.39, 0.29) is 75.6 Å². The SMILES string of the molecule is CC(C)(C)OC(=O)N[C@@H](Cc1ccc(N(CCCl)CCCl)cc1)C(=O)OCCN1C(=O)CC(NCCCCCCCCCCCCCCCCNC2CC(=O)N(CCOC(=O)[C@H](Cc3ccc(N(CCCl)CCCl)cc3)NC(=O)OC(C)(C)C)C2=O)C1=O. The summed E-state index contributed by atoms with van der Waals surface area (Å²) in [5.74, 6) is -1.04. The molecule has 0 saturated carbocycles. The molecule has 0 aliphatic carbocycles. The lowest BCUT2D eigenvalue weighted by Gasteiger charge is -2.24. The van der Waals surface area contributed by atoms with Crippen molar-refractivity contribution in [2.24, 2.45) is 0 Å². The molecule has 2 fully saturated rings. The number of alkyl halides is 4. The molecule has 0 spiro atoms. The van der Waals surface area contributed by atoms with E-state index in [0.29, 0.717) is 62.8 Å². The highest BCUT2D eigenvalue weighted by molar-refractivity contribution is 6.19. The van der Waals surface area contributed by atoms with Crippen LogP contribution in [-0.2, 0) is 60.6 Å². The van der Waals surface area contributed by atoms with E-state index in [2.05, 4.69) is 31.1 Å². The van der Waals surface area contributed by atoms with Crippen LogP contribution in [0.25, 0.3) is 0 Å². The summed E-state index contributed by atoms with van der Waals surface area (Å²) in [5, 5.41) is 11.7. The van der Waals surface area contributed by atoms with E-state index in [1.807, 2.05) is 48.5 Å². The Bertz CT molecular complexity index is 2290. The van der Waals surface area contributed by atoms with E-state index < -0.39 is 59.5 Å². The number of rotatable bonds is 43. The lowest BCUT2D eigenvalue weighted by molar-refractivity contribution is -0.149. The van der Waals surface area contributed by atoms with Gasteiger partial charge in [0.05, 0.1) is 38.0 Å². The number of hydrogen-bond acceptors (Lipinski definition) is 16. The van der Waals surface area contributed by atoms with E-state index >= 15 is 0 Å². The molecule has 2 heterocycles. The Morgan fingerprint density at radius 2 is 0.784 bits per heavy atom. The molecule has 4 N–H and O–H groups in total. The van der Waals surface area contributed by atoms with Gasteiger partial charge in [-0.05, 0) is 103 Å². The molecule has 2 aliphatic rings. The molecular weight excluding hydrogens is 1210 g/mol. The molecule has 2 aliphatic heterocycles. The lowest BCUT2D eigenvalue weighted by Crippen LogP contribution is -2.46. The van der Waals surface area contributed by atoms with Crippen molar-refractivity contribution in [1.82, 2.24) is 31.1 Å². The second kappa shape index (κ2) is 40.6. The summed E-state index contributed by atoms with van der Waals surface area (Å²) in [6.07, 6.45) is 14.3. The van der Waals surface area contributed by atoms with Crippen molar-refractivity contribution in [3.05, 3.63) is 59.7 Å². The largest absolute Gasteiger partial charge is 0.462 e. The number of carbonyl (C=O) groups is 8. The number of benzene rings is 2. The first-order chi connectivity index (χ1) is 42.1. The number of imide groups is 2. The Balaban J connectivity index is 1.01. The van der Waals surface area contributed by atoms with Crippen LogP contribution in [0.15, 0.2) is 48.5 Å². The van der Waals surface area contributed by atoms with Crippen molar-refractivity contribution in [3.8, 4) is 0 Å². The minimum atomic E-state index is -1.09. The van der Waals surface area contributed by atoms with Gasteiger partial charge in [-0.15, -0.1) is 46.4 Å². The maximum Gasteiger partial charge on any atom is 0.408 e. The molecule has 20 nitrogen and oxygen atoms in total. The molecular formula is C64H98Cl4N8O12. The molecule has 0 radical (unpaired) electrons. The molecule has 0 bridgehead atoms. The first kappa shape index (κ1) is 75.3. The van der Waals surface area contributed by atoms with Gasteiger partial charge in [0, 0.05) is 73.9 Å². The molecule has 88 heavy (non-hydrogen) atoms. The normalized spacial score (nSPS) is 16.0. The fourth-order valence-corrected chi connectivity index (χ4v) is 11.2. The molecule has 24 heteroatoms. The molecule has 2 unspecified atom stereocenters. The summed E-state index contributed by atoms with van der Waals surface area (Å²) in [6.45, 7) is 13.4. The number of anilines is 2. The van der Waals surface area contributed by atoms with Gasteiger partial charge in [0.25, 0.3) is 0 Å². The number of alkyl carbamates (subject to hydrolysis) is 2. The number of carbonyl (C=O) groups excluding carboxylic acids is 8. The van der Waals surface area contributed by atoms with Gasteiger partial charge in [-0.2, -0.15) is 0 Å². The minimum Gasteiger partial charge on any atom is -0.462 e. The minimum absolute atomic E-state index is 0.0455. The predicted octanol–water partition coefficient (Wildman–Crippen LogP) is 9.81. The third kappa shape index (κ3) is 28.8. The van der Waals surface area contributed by atoms with Gasteiger partial charge < -0.3 is 50.0 Å². The average Bonchev–Trinajstić information content (AvgIpc) is 2.43. The second-order valence-electron chi connectivity index (χ2n) is 24.3. The lowest BCUT2D eigenvalue weighted by atomic mass is 10.0. The quantitative estimate of drug-likeness (QED) is 0.0159. The van der Waals surface area contributed by atoms with Gasteiger partial charge >= 0.3 is 24.1 Å². The van der Waals surface area contributed by atoms with Crippen LogP contribution in [-0.4, -0.2) is 182 Å². The number of ether oxygens (including phenoxy) is 4. The van der Waals surface area contributed by atoms with E-state index in [4.69, 9.17) is 65.4 Å². The molecule has 494 valence electrons. The number of likely N-dealkylation sites (tertiary alicyclic amines) is 2. The Hall–Kier alpha value is -5.12. The zero-order valence-electron chi connectivity index (χ0n) is 52.8. The van der Waals surface area contributed by atoms with Gasteiger partial charge in [-0.25, -0.2) is 19.2 Å². The Morgan fingerprint density at radius 1 is 0.489 bits per heavy atom. The number of nitrogens with one attached hydrogen (secondary N) is 4. The van der Waals surface area contributed by atoms with Gasteiger partial charge in [-0.1, -0.05) is 101 Å². The number of nitrogens with zero attached hydrogens (tertiary/aromatic N) is 4. The highest BCUT2D eigenvalue weighted by Gasteiger charge is 2.40. The third-order valence-electron chi connectivity index (χ3n) is 14.8. The van der Waals surface area contributed by atoms with Crippen molar-refractivity contribution in [2.45, 2.75) is 192 Å². The zero-order valence-corrected chi connectivity index (χ0v) is 55.8. The molecule has 6 amide bonds. The first-order valence-corrected chi connectivity index (χ1v) is 33.6. The maximum atomic E-state index is 13.4. The summed E-state index contributed by atoms with van der Waals surface area (Å²) in [5.41, 5.74) is 1.78. The summed E-state index contributed by atoms with van der Waals surface area (Å²) in [7, 11) is 0. The molecule has 4 atom stereocenters. The second-order valence-corrected chi connectivity index (χ2v) is 25.9. The van der Waals surface area contributed by atoms with Gasteiger partial charge in [-0.3, -0.25) is 29.0 Å². The standard InChI is InChI=1S/C64H98Cl4N8O12/c1-63(2,3)87-61(83)71-53(43-47-21-25-49(26-22-47)73(35-29-65)36-30-66)59(81)85-41-39-75-55(77)45-51(57(75)79)69-33-19-17-15-13-11-9-7-8-10-12-14-16-18-20-34-70-52-46-56(78)76(58(52)80)40-42-86-60(82)54(72-62(84)88-64(4,5)6)44-48-23-27-50(28-24-48)74(37-31-67)38-32-68/h21-28,51-54,69-70H,7-20,29-46H2,1-6H3,(H,71,83)(H,72,84)/t51?,52?,53-,54-/m0/s1. The highest BCUT2D eigenvalue weighted by Crippen LogP contribution is 2.22. The maximum absolute atomic E-state index is 13.4. The number of halogens is 4. The molecule has 0 aromatic heterocycles. The van der Waals surface area contributed by atoms with Crippen molar-refractivity contribution in [3.63, 3.8) is 0 Å². The molecule has 2 saturated heterocycles. The van der Waals surface area contributed by atoms with Gasteiger partial charge in [0.2, 0.25) is 23.6 Å². The number of hydrogen-bond donors (Lipinski definition) is 4. The van der Waals surface area contributed by atoms with E-state index in [1.54, 1.807) is 41.5 Å². The zero-order chi connectivity index (χ0) is 64.5. The summed E-state index contributed by atoms with van der Waals surface area (Å²) >= 11 is 23.9. The van der Waals surface area contributed by atoms with Crippen LogP contribution in [0.4, 0.5) is 21.0 Å². The van der Waals surface area contributed by atoms with E-state index in [1.165, 1.54) is 38.5 Å². The fourth-order valence-electron chi connectivity index (χ4n) is 10.3. The van der Waals surface area contributed by atoms with Crippen LogP contribution in [0, 0.1) is 0 Å². The van der Waals surface area contributed by atoms with Crippen molar-refractivity contribution >= 4 is 106 Å². The molecule has 4 rings (SSSR count). The van der Waals surface area contributed by atoms with Gasteiger partial charge in [0.15, 0.2) is 0 Å². The highest BCUT2D eigenvalue weighted by atomic mass is 35.5. The smallest absolute Gasteiger partial charge is 0.408 e. The number of unbranched alkanes of at least 4 members (excludes halogenated alkanes) is 13. The van der Waals surface area contributed by atoms with Gasteiger partial charge in [0.1, 0.15) is 36.5 Å². The number of esters is 2. The Labute approximate surface area is 542 Å². The predicted molar refractivity (Wildman–Crippen MR) is 347 cm³/mol. The van der Waals surface area contributed by atoms with Crippen LogP contribution < -0.4 is 31.1 Å². The topological polar surface area (TPSA) is 235 Å². The van der Waals surface area contributed by atoms with Crippen molar-refractivity contribution < 1.29 is 57.3 Å². The van der Waals surface area contributed by atoms with E-state index in [0.717, 1.165) is 83.7 Å². The third-order valence-corrected chi connectivity index (χ3v) is 15.5. The first-order valence-electron chi connectivity index (χ1n) is 31.4. The van der Waals surface area contributed by atoms with Crippen LogP contribution in [0.2, 0.25) is 0 Å². The summed E-state index contributed by atoms with van der Waals surface area (Å²) in [6, 6.07) is 11.6. The van der Waals surface area contributed by atoms with Crippen molar-refractivity contribution in [1.29, 1.82) is 0 Å². The molecule has 2 aromatic carbocycles. The van der Waals surface area contributed by atoms with Crippen LogP contribution in [0.1, 0.15) is 155 Å². The van der Waals surface area contributed by atoms with Crippen LogP contribution in [0.3, 0.4) is 0 Å². The Morgan fingerprint density at radius 3 is 1.07 bits per heavy atom. The van der Waals surface area contributed by atoms with Crippen LogP contribution in [0.5, 0.6) is 0 Å². The van der Waals surface area contributed by atoms with E-state index in [9.17, 15) is 38.4 Å².